The third-order valence-corrected chi connectivity index (χ3v) is 5.60. The number of benzene rings is 1. The van der Waals surface area contributed by atoms with E-state index in [1.807, 2.05) is 30.4 Å². The quantitative estimate of drug-likeness (QED) is 0.331. The van der Waals surface area contributed by atoms with Crippen molar-refractivity contribution >= 4 is 41.2 Å². The van der Waals surface area contributed by atoms with Crippen LogP contribution in [0, 0.1) is 17.1 Å². The zero-order chi connectivity index (χ0) is 21.9. The molecule has 0 aliphatic carbocycles. The highest BCUT2D eigenvalue weighted by Crippen LogP contribution is 2.25. The van der Waals surface area contributed by atoms with Gasteiger partial charge in [-0.25, -0.2) is 9.18 Å². The zero-order valence-corrected chi connectivity index (χ0v) is 18.2. The fourth-order valence-electron chi connectivity index (χ4n) is 2.93. The number of nitriles is 1. The van der Waals surface area contributed by atoms with Gasteiger partial charge >= 0.3 is 5.97 Å². The number of hydrogen-bond donors (Lipinski definition) is 1. The number of nitrogens with zero attached hydrogens (tertiary/aromatic N) is 2. The highest BCUT2D eigenvalue weighted by molar-refractivity contribution is 7.13. The van der Waals surface area contributed by atoms with Crippen LogP contribution in [0.4, 0.5) is 10.1 Å². The van der Waals surface area contributed by atoms with E-state index >= 15 is 0 Å². The van der Waals surface area contributed by atoms with Gasteiger partial charge in [0.25, 0.3) is 0 Å². The van der Waals surface area contributed by atoms with Gasteiger partial charge in [-0.15, -0.1) is 11.3 Å². The number of carbonyl (C=O) groups is 1. The van der Waals surface area contributed by atoms with Gasteiger partial charge < -0.3 is 10.0 Å². The predicted molar refractivity (Wildman–Crippen MR) is 123 cm³/mol. The number of rotatable bonds is 11. The second-order valence-corrected chi connectivity index (χ2v) is 8.10. The van der Waals surface area contributed by atoms with E-state index in [0.717, 1.165) is 49.2 Å². The molecule has 4 nitrogen and oxygen atoms in total. The first kappa shape index (κ1) is 23.4. The fraction of sp³-hybridized carbons (Fsp3) is 0.333. The van der Waals surface area contributed by atoms with Crippen molar-refractivity contribution in [2.75, 3.05) is 18.0 Å². The SMILES string of the molecule is CCCCN(CCCC)c1ccc(/C=C/c2ccc(/C=C(/C#N)C(=O)O)s2)cc1F. The van der Waals surface area contributed by atoms with Gasteiger partial charge in [-0.05, 0) is 54.8 Å². The minimum atomic E-state index is -1.24. The van der Waals surface area contributed by atoms with E-state index in [1.165, 1.54) is 17.4 Å². The van der Waals surface area contributed by atoms with Crippen LogP contribution in [-0.4, -0.2) is 24.2 Å². The summed E-state index contributed by atoms with van der Waals surface area (Å²) in [7, 11) is 0. The van der Waals surface area contributed by atoms with Gasteiger partial charge in [0.05, 0.1) is 5.69 Å². The first-order chi connectivity index (χ1) is 14.5. The lowest BCUT2D eigenvalue weighted by Gasteiger charge is -2.25. The number of carboxylic acid groups (broad SMARTS) is 1. The summed E-state index contributed by atoms with van der Waals surface area (Å²) in [5.41, 5.74) is 1.10. The molecule has 1 heterocycles. The second-order valence-electron chi connectivity index (χ2n) is 6.95. The number of aliphatic carboxylic acids is 1. The summed E-state index contributed by atoms with van der Waals surface area (Å²) in [5.74, 6) is -1.47. The van der Waals surface area contributed by atoms with Gasteiger partial charge in [0, 0.05) is 22.8 Å². The van der Waals surface area contributed by atoms with Crippen molar-refractivity contribution in [1.29, 1.82) is 5.26 Å². The maximum absolute atomic E-state index is 14.8. The molecule has 0 radical (unpaired) electrons. The predicted octanol–water partition coefficient (Wildman–Crippen LogP) is 6.46. The van der Waals surface area contributed by atoms with Crippen molar-refractivity contribution in [1.82, 2.24) is 0 Å². The highest BCUT2D eigenvalue weighted by atomic mass is 32.1. The standard InChI is InChI=1S/C24H27FN2O2S/c1-3-5-13-27(14-6-4-2)23-12-8-18(15-22(23)25)7-9-20-10-11-21(30-20)16-19(17-26)24(28)29/h7-12,15-16H,3-6,13-14H2,1-2H3,(H,28,29)/b9-7+,19-16-. The lowest BCUT2D eigenvalue weighted by atomic mass is 10.1. The Morgan fingerprint density at radius 3 is 2.37 bits per heavy atom. The number of anilines is 1. The molecule has 30 heavy (non-hydrogen) atoms. The van der Waals surface area contributed by atoms with Crippen molar-refractivity contribution in [3.05, 3.63) is 57.0 Å². The van der Waals surface area contributed by atoms with Crippen LogP contribution in [0.25, 0.3) is 18.2 Å². The molecular formula is C24H27FN2O2S. The van der Waals surface area contributed by atoms with Crippen LogP contribution in [-0.2, 0) is 4.79 Å². The molecular weight excluding hydrogens is 399 g/mol. The van der Waals surface area contributed by atoms with Crippen molar-refractivity contribution in [2.24, 2.45) is 0 Å². The molecule has 158 valence electrons. The van der Waals surface area contributed by atoms with Gasteiger partial charge in [0.2, 0.25) is 0 Å². The lowest BCUT2D eigenvalue weighted by molar-refractivity contribution is -0.132. The summed E-state index contributed by atoms with van der Waals surface area (Å²) < 4.78 is 14.8. The van der Waals surface area contributed by atoms with Crippen LogP contribution < -0.4 is 4.90 Å². The topological polar surface area (TPSA) is 64.3 Å². The smallest absolute Gasteiger partial charge is 0.346 e. The Kier molecular flexibility index (Phi) is 9.30. The van der Waals surface area contributed by atoms with Crippen LogP contribution in [0.15, 0.2) is 35.9 Å². The van der Waals surface area contributed by atoms with Gasteiger partial charge in [0.15, 0.2) is 0 Å². The van der Waals surface area contributed by atoms with Gasteiger partial charge in [-0.1, -0.05) is 38.8 Å². The molecule has 6 heteroatoms. The summed E-state index contributed by atoms with van der Waals surface area (Å²) in [5, 5.41) is 17.8. The molecule has 1 N–H and O–H groups in total. The molecule has 2 aromatic rings. The number of thiophene rings is 1. The normalized spacial score (nSPS) is 11.6. The third kappa shape index (κ3) is 6.85. The Bertz CT molecular complexity index is 948. The van der Waals surface area contributed by atoms with Crippen LogP contribution in [0.1, 0.15) is 54.8 Å². The monoisotopic (exact) mass is 426 g/mol. The number of hydrogen-bond acceptors (Lipinski definition) is 4. The second kappa shape index (κ2) is 11.9. The summed E-state index contributed by atoms with van der Waals surface area (Å²) in [6.07, 6.45) is 9.26. The summed E-state index contributed by atoms with van der Waals surface area (Å²) >= 11 is 1.36. The lowest BCUT2D eigenvalue weighted by Crippen LogP contribution is -2.26. The molecule has 0 saturated heterocycles. The summed E-state index contributed by atoms with van der Waals surface area (Å²) in [4.78, 5) is 14.6. The molecule has 1 aromatic heterocycles. The molecule has 0 amide bonds. The van der Waals surface area contributed by atoms with Crippen LogP contribution in [0.3, 0.4) is 0 Å². The Labute approximate surface area is 181 Å². The molecule has 0 saturated carbocycles. The van der Waals surface area contributed by atoms with Crippen LogP contribution in [0.2, 0.25) is 0 Å². The average Bonchev–Trinajstić information content (AvgIpc) is 3.18. The van der Waals surface area contributed by atoms with Gasteiger partial charge in [0.1, 0.15) is 17.5 Å². The molecule has 0 bridgehead atoms. The van der Waals surface area contributed by atoms with Crippen molar-refractivity contribution < 1.29 is 14.3 Å². The molecule has 0 fully saturated rings. The maximum Gasteiger partial charge on any atom is 0.346 e. The Hall–Kier alpha value is -2.91. The van der Waals surface area contributed by atoms with Gasteiger partial charge in [-0.3, -0.25) is 0 Å². The minimum Gasteiger partial charge on any atom is -0.477 e. The summed E-state index contributed by atoms with van der Waals surface area (Å²) in [6, 6.07) is 10.6. The fourth-order valence-corrected chi connectivity index (χ4v) is 3.79. The van der Waals surface area contributed by atoms with E-state index in [2.05, 4.69) is 18.7 Å². The largest absolute Gasteiger partial charge is 0.477 e. The van der Waals surface area contributed by atoms with Crippen molar-refractivity contribution in [3.8, 4) is 6.07 Å². The van der Waals surface area contributed by atoms with E-state index in [0.29, 0.717) is 10.6 Å². The van der Waals surface area contributed by atoms with Crippen LogP contribution >= 0.6 is 11.3 Å². The first-order valence-corrected chi connectivity index (χ1v) is 11.0. The maximum atomic E-state index is 14.8. The van der Waals surface area contributed by atoms with E-state index in [9.17, 15) is 9.18 Å². The Morgan fingerprint density at radius 2 is 1.80 bits per heavy atom. The first-order valence-electron chi connectivity index (χ1n) is 10.2. The van der Waals surface area contributed by atoms with E-state index in [4.69, 9.17) is 10.4 Å². The third-order valence-electron chi connectivity index (χ3n) is 4.60. The number of unbranched alkanes of at least 4 members (excludes halogenated alkanes) is 2. The molecule has 0 aliphatic rings. The number of halogens is 1. The molecule has 0 unspecified atom stereocenters. The van der Waals surface area contributed by atoms with Crippen molar-refractivity contribution in [3.63, 3.8) is 0 Å². The molecule has 0 spiro atoms. The molecule has 0 atom stereocenters. The van der Waals surface area contributed by atoms with E-state index < -0.39 is 5.97 Å². The number of carboxylic acids is 1. The van der Waals surface area contributed by atoms with Crippen molar-refractivity contribution in [2.45, 2.75) is 39.5 Å². The zero-order valence-electron chi connectivity index (χ0n) is 17.4. The van der Waals surface area contributed by atoms with E-state index in [1.54, 1.807) is 18.2 Å². The highest BCUT2D eigenvalue weighted by Gasteiger charge is 2.11. The molecule has 0 aliphatic heterocycles. The minimum absolute atomic E-state index is 0.223. The molecule has 2 rings (SSSR count). The summed E-state index contributed by atoms with van der Waals surface area (Å²) in [6.45, 7) is 5.98. The van der Waals surface area contributed by atoms with Gasteiger partial charge in [-0.2, -0.15) is 5.26 Å². The Morgan fingerprint density at radius 1 is 1.13 bits per heavy atom. The van der Waals surface area contributed by atoms with E-state index in [-0.39, 0.29) is 11.4 Å². The Balaban J connectivity index is 2.14. The molecule has 1 aromatic carbocycles. The van der Waals surface area contributed by atoms with Crippen LogP contribution in [0.5, 0.6) is 0 Å². The average molecular weight is 427 g/mol.